The number of nitrogens with zero attached hydrogens (tertiary/aromatic N) is 2. The number of para-hydroxylation sites is 1. The van der Waals surface area contributed by atoms with Gasteiger partial charge in [-0.2, -0.15) is 4.90 Å². The lowest BCUT2D eigenvalue weighted by Gasteiger charge is -2.49. The molecule has 0 spiro atoms. The fourth-order valence-electron chi connectivity index (χ4n) is 7.38. The first-order valence-corrected chi connectivity index (χ1v) is 14.6. The van der Waals surface area contributed by atoms with Crippen LogP contribution < -0.4 is 15.4 Å². The number of methoxy groups -OCH3 is 1. The Kier molecular flexibility index (Phi) is 6.42. The van der Waals surface area contributed by atoms with Crippen LogP contribution in [0.4, 0.5) is 10.5 Å². The Labute approximate surface area is 251 Å². The molecule has 4 aliphatic rings. The number of phenols is 1. The number of allylic oxidation sites excluding steroid dienone is 2. The van der Waals surface area contributed by atoms with E-state index in [0.29, 0.717) is 30.7 Å². The monoisotopic (exact) mass is 685 g/mol. The number of nitrogens with two attached hydrogens (primary N) is 1. The molecule has 1 saturated carbocycles. The number of amides is 6. The number of anilines is 1. The van der Waals surface area contributed by atoms with Gasteiger partial charge in [-0.15, -0.1) is 0 Å². The van der Waals surface area contributed by atoms with E-state index in [2.05, 4.69) is 31.9 Å². The maximum absolute atomic E-state index is 14.4. The molecule has 212 valence electrons. The molecule has 3 N–H and O–H groups in total. The van der Waals surface area contributed by atoms with Crippen LogP contribution in [0, 0.1) is 29.1 Å². The van der Waals surface area contributed by atoms with Crippen molar-refractivity contribution >= 4 is 67.2 Å². The first-order chi connectivity index (χ1) is 19.4. The number of hydrogen-bond acceptors (Lipinski definition) is 7. The third-order valence-corrected chi connectivity index (χ3v) is 11.4. The van der Waals surface area contributed by atoms with Gasteiger partial charge in [-0.05, 0) is 81.3 Å². The molecule has 6 rings (SSSR count). The van der Waals surface area contributed by atoms with Gasteiger partial charge in [-0.3, -0.25) is 19.2 Å². The van der Waals surface area contributed by atoms with Crippen LogP contribution in [-0.4, -0.2) is 46.8 Å². The van der Waals surface area contributed by atoms with Crippen LogP contribution in [-0.2, 0) is 19.2 Å². The molecule has 2 aromatic rings. The SMILES string of the molecule is COc1cc(C2C3=CCC4C(=O)N(C(N)=O)C(=O)C4C3CC3C(=O)N(c4ccccc4)C(=O)C32C)c(Br)c(Br)c1O. The van der Waals surface area contributed by atoms with Crippen LogP contribution in [0.5, 0.6) is 11.5 Å². The normalized spacial score (nSPS) is 30.6. The predicted octanol–water partition coefficient (Wildman–Crippen LogP) is 4.24. The number of urea groups is 1. The fraction of sp³-hybridized carbons (Fsp3) is 0.345. The highest BCUT2D eigenvalue weighted by molar-refractivity contribution is 9.13. The Morgan fingerprint density at radius 3 is 2.37 bits per heavy atom. The van der Waals surface area contributed by atoms with Crippen LogP contribution in [0.15, 0.2) is 57.0 Å². The highest BCUT2D eigenvalue weighted by Gasteiger charge is 2.68. The maximum Gasteiger partial charge on any atom is 0.328 e. The summed E-state index contributed by atoms with van der Waals surface area (Å²) in [6.07, 6.45) is 2.16. The van der Waals surface area contributed by atoms with Gasteiger partial charge in [0, 0.05) is 10.4 Å². The third-order valence-electron chi connectivity index (χ3n) is 9.21. The number of hydrogen-bond donors (Lipinski definition) is 2. The average molecular weight is 687 g/mol. The van der Waals surface area contributed by atoms with Gasteiger partial charge in [0.1, 0.15) is 0 Å². The number of rotatable bonds is 3. The molecule has 6 atom stereocenters. The summed E-state index contributed by atoms with van der Waals surface area (Å²) in [6.45, 7) is 1.76. The number of likely N-dealkylation sites (tertiary alicyclic amines) is 1. The fourth-order valence-corrected chi connectivity index (χ4v) is 8.33. The highest BCUT2D eigenvalue weighted by atomic mass is 79.9. The van der Waals surface area contributed by atoms with E-state index in [4.69, 9.17) is 10.5 Å². The van der Waals surface area contributed by atoms with Gasteiger partial charge in [0.05, 0.1) is 40.4 Å². The number of fused-ring (bicyclic) bond motifs is 4. The maximum atomic E-state index is 14.4. The molecule has 6 amide bonds. The van der Waals surface area contributed by atoms with Gasteiger partial charge >= 0.3 is 6.03 Å². The Bertz CT molecular complexity index is 1590. The molecule has 2 aromatic carbocycles. The van der Waals surface area contributed by atoms with E-state index in [-0.39, 0.29) is 24.3 Å². The summed E-state index contributed by atoms with van der Waals surface area (Å²) in [5, 5.41) is 10.7. The first kappa shape index (κ1) is 27.6. The van der Waals surface area contributed by atoms with E-state index in [0.717, 1.165) is 0 Å². The second kappa shape index (κ2) is 9.52. The second-order valence-corrected chi connectivity index (χ2v) is 12.6. The van der Waals surface area contributed by atoms with E-state index in [1.54, 1.807) is 43.3 Å². The molecule has 0 bridgehead atoms. The quantitative estimate of drug-likeness (QED) is 0.363. The minimum atomic E-state index is -1.29. The molecule has 2 aliphatic carbocycles. The lowest BCUT2D eigenvalue weighted by molar-refractivity contribution is -0.136. The first-order valence-electron chi connectivity index (χ1n) is 13.0. The van der Waals surface area contributed by atoms with Crippen LogP contribution >= 0.6 is 31.9 Å². The molecular weight excluding hydrogens is 662 g/mol. The van der Waals surface area contributed by atoms with Crippen molar-refractivity contribution < 1.29 is 33.8 Å². The summed E-state index contributed by atoms with van der Waals surface area (Å²) in [5.41, 5.74) is 5.83. The number of imide groups is 4. The molecule has 41 heavy (non-hydrogen) atoms. The van der Waals surface area contributed by atoms with E-state index in [9.17, 15) is 29.1 Å². The zero-order chi connectivity index (χ0) is 29.5. The predicted molar refractivity (Wildman–Crippen MR) is 153 cm³/mol. The molecule has 10 nitrogen and oxygen atoms in total. The van der Waals surface area contributed by atoms with Crippen molar-refractivity contribution in [2.75, 3.05) is 12.0 Å². The number of halogens is 2. The molecular formula is C29H25Br2N3O7. The number of phenolic OH excluding ortho intramolecular Hbond substituents is 1. The van der Waals surface area contributed by atoms with E-state index >= 15 is 0 Å². The van der Waals surface area contributed by atoms with Gasteiger partial charge < -0.3 is 15.6 Å². The molecule has 2 saturated heterocycles. The number of aromatic hydroxyl groups is 1. The minimum absolute atomic E-state index is 0.132. The van der Waals surface area contributed by atoms with Gasteiger partial charge in [0.25, 0.3) is 0 Å². The summed E-state index contributed by atoms with van der Waals surface area (Å²) >= 11 is 6.99. The van der Waals surface area contributed by atoms with E-state index in [1.807, 2.05) is 6.08 Å². The van der Waals surface area contributed by atoms with Crippen LogP contribution in [0.25, 0.3) is 0 Å². The third kappa shape index (κ3) is 3.62. The van der Waals surface area contributed by atoms with Crippen molar-refractivity contribution in [3.05, 3.63) is 62.6 Å². The number of carbonyl (C=O) groups excluding carboxylic acids is 5. The molecule has 2 heterocycles. The van der Waals surface area contributed by atoms with Crippen LogP contribution in [0.2, 0.25) is 0 Å². The zero-order valence-electron chi connectivity index (χ0n) is 22.0. The van der Waals surface area contributed by atoms with Gasteiger partial charge in [-0.25, -0.2) is 9.69 Å². The topological polar surface area (TPSA) is 147 Å². The minimum Gasteiger partial charge on any atom is -0.503 e. The van der Waals surface area contributed by atoms with Crippen molar-refractivity contribution in [2.24, 2.45) is 34.8 Å². The Morgan fingerprint density at radius 2 is 1.73 bits per heavy atom. The lowest BCUT2D eigenvalue weighted by atomic mass is 9.51. The number of primary amides is 1. The Balaban J connectivity index is 1.59. The Morgan fingerprint density at radius 1 is 1.05 bits per heavy atom. The average Bonchev–Trinajstić information content (AvgIpc) is 3.32. The second-order valence-electron chi connectivity index (χ2n) is 11.0. The summed E-state index contributed by atoms with van der Waals surface area (Å²) < 4.78 is 6.18. The molecule has 12 heteroatoms. The highest BCUT2D eigenvalue weighted by Crippen LogP contribution is 2.65. The summed E-state index contributed by atoms with van der Waals surface area (Å²) in [4.78, 5) is 68.9. The van der Waals surface area contributed by atoms with Crippen LogP contribution in [0.1, 0.15) is 31.2 Å². The van der Waals surface area contributed by atoms with Gasteiger partial charge in [0.15, 0.2) is 11.5 Å². The van der Waals surface area contributed by atoms with Crippen LogP contribution in [0.3, 0.4) is 0 Å². The smallest absolute Gasteiger partial charge is 0.328 e. The summed E-state index contributed by atoms with van der Waals surface area (Å²) in [6, 6.07) is 9.13. The number of carbonyl (C=O) groups is 5. The molecule has 6 unspecified atom stereocenters. The Hall–Kier alpha value is -3.51. The standard InChI is InChI=1S/C29H25Br2N3O7/c1-29-17(25(37)33(27(29)39)12-6-4-3-5-7-12)10-15-13(8-9-14-19(15)26(38)34(24(14)36)28(32)40)20(29)16-11-18(41-2)23(35)22(31)21(16)30/h3-8,11,14-15,17,19-20,35H,9-10H2,1-2H3,(H2,32,40). The molecule has 2 aliphatic heterocycles. The van der Waals surface area contributed by atoms with Gasteiger partial charge in [-0.1, -0.05) is 29.8 Å². The lowest BCUT2D eigenvalue weighted by Crippen LogP contribution is -2.49. The summed E-state index contributed by atoms with van der Waals surface area (Å²) in [5.74, 6) is -6.05. The van der Waals surface area contributed by atoms with Crippen molar-refractivity contribution in [2.45, 2.75) is 25.7 Å². The van der Waals surface area contributed by atoms with Crippen molar-refractivity contribution in [1.29, 1.82) is 0 Å². The largest absolute Gasteiger partial charge is 0.503 e. The van der Waals surface area contributed by atoms with E-state index < -0.39 is 64.7 Å². The van der Waals surface area contributed by atoms with Gasteiger partial charge in [0.2, 0.25) is 23.6 Å². The van der Waals surface area contributed by atoms with Crippen molar-refractivity contribution in [1.82, 2.24) is 4.90 Å². The number of ether oxygens (including phenoxy) is 1. The molecule has 0 radical (unpaired) electrons. The zero-order valence-corrected chi connectivity index (χ0v) is 25.1. The van der Waals surface area contributed by atoms with E-state index in [1.165, 1.54) is 12.0 Å². The molecule has 3 fully saturated rings. The van der Waals surface area contributed by atoms with Crippen molar-refractivity contribution in [3.8, 4) is 11.5 Å². The molecule has 0 aromatic heterocycles. The van der Waals surface area contributed by atoms with Crippen molar-refractivity contribution in [3.63, 3.8) is 0 Å². The number of benzene rings is 2. The summed E-state index contributed by atoms with van der Waals surface area (Å²) in [7, 11) is 1.40.